The van der Waals surface area contributed by atoms with Gasteiger partial charge in [0.25, 0.3) is 6.43 Å². The minimum atomic E-state index is -2.35. The zero-order chi connectivity index (χ0) is 13.5. The van der Waals surface area contributed by atoms with Crippen molar-refractivity contribution in [1.82, 2.24) is 10.3 Å². The molecule has 0 aliphatic rings. The van der Waals surface area contributed by atoms with Crippen molar-refractivity contribution in [3.05, 3.63) is 23.9 Å². The van der Waals surface area contributed by atoms with Gasteiger partial charge in [0.2, 0.25) is 0 Å². The molecule has 5 heteroatoms. The Morgan fingerprint density at radius 3 is 2.78 bits per heavy atom. The van der Waals surface area contributed by atoms with Crippen LogP contribution < -0.4 is 10.2 Å². The zero-order valence-corrected chi connectivity index (χ0v) is 11.2. The molecule has 0 aromatic carbocycles. The van der Waals surface area contributed by atoms with E-state index in [1.807, 2.05) is 12.1 Å². The third-order valence-electron chi connectivity index (χ3n) is 2.77. The Labute approximate surface area is 107 Å². The van der Waals surface area contributed by atoms with Crippen LogP contribution in [0.1, 0.15) is 31.9 Å². The Kier molecular flexibility index (Phi) is 5.98. The number of aromatic nitrogens is 1. The summed E-state index contributed by atoms with van der Waals surface area (Å²) >= 11 is 0. The Morgan fingerprint density at radius 1 is 1.44 bits per heavy atom. The van der Waals surface area contributed by atoms with Gasteiger partial charge < -0.3 is 10.2 Å². The summed E-state index contributed by atoms with van der Waals surface area (Å²) in [7, 11) is 1.63. The fraction of sp³-hybridized carbons (Fsp3) is 0.615. The monoisotopic (exact) mass is 257 g/mol. The Balaban J connectivity index is 2.72. The highest BCUT2D eigenvalue weighted by Crippen LogP contribution is 2.17. The number of hydrogen-bond acceptors (Lipinski definition) is 3. The van der Waals surface area contributed by atoms with E-state index >= 15 is 0 Å². The summed E-state index contributed by atoms with van der Waals surface area (Å²) in [4.78, 5) is 5.59. The van der Waals surface area contributed by atoms with E-state index in [-0.39, 0.29) is 12.6 Å². The number of alkyl halides is 2. The van der Waals surface area contributed by atoms with E-state index < -0.39 is 6.43 Å². The molecule has 0 aliphatic heterocycles. The summed E-state index contributed by atoms with van der Waals surface area (Å²) in [5.41, 5.74) is 1.06. The summed E-state index contributed by atoms with van der Waals surface area (Å²) in [6.07, 6.45) is 0.376. The lowest BCUT2D eigenvalue weighted by molar-refractivity contribution is 0.156. The Hall–Kier alpha value is -1.23. The van der Waals surface area contributed by atoms with E-state index in [2.05, 4.69) is 24.1 Å². The highest BCUT2D eigenvalue weighted by molar-refractivity contribution is 5.41. The Bertz CT molecular complexity index is 358. The van der Waals surface area contributed by atoms with Crippen molar-refractivity contribution in [3.8, 4) is 0 Å². The van der Waals surface area contributed by atoms with Gasteiger partial charge in [0.1, 0.15) is 5.82 Å². The van der Waals surface area contributed by atoms with E-state index in [9.17, 15) is 8.78 Å². The van der Waals surface area contributed by atoms with Crippen LogP contribution in [0.15, 0.2) is 18.3 Å². The van der Waals surface area contributed by atoms with Crippen LogP contribution in [0.4, 0.5) is 14.6 Å². The fourth-order valence-corrected chi connectivity index (χ4v) is 1.69. The maximum atomic E-state index is 12.3. The van der Waals surface area contributed by atoms with Gasteiger partial charge in [-0.15, -0.1) is 0 Å². The molecule has 1 aromatic rings. The van der Waals surface area contributed by atoms with Crippen LogP contribution >= 0.6 is 0 Å². The first kappa shape index (κ1) is 14.8. The Morgan fingerprint density at radius 2 is 2.17 bits per heavy atom. The quantitative estimate of drug-likeness (QED) is 0.814. The first-order valence-electron chi connectivity index (χ1n) is 6.23. The molecule has 0 bridgehead atoms. The van der Waals surface area contributed by atoms with Crippen molar-refractivity contribution >= 4 is 5.82 Å². The van der Waals surface area contributed by atoms with Gasteiger partial charge in [0.15, 0.2) is 0 Å². The molecule has 0 amide bonds. The van der Waals surface area contributed by atoms with Gasteiger partial charge in [0.05, 0.1) is 6.54 Å². The molecule has 0 saturated heterocycles. The van der Waals surface area contributed by atoms with Gasteiger partial charge in [-0.25, -0.2) is 13.8 Å². The van der Waals surface area contributed by atoms with Gasteiger partial charge in [-0.05, 0) is 37.6 Å². The third-order valence-corrected chi connectivity index (χ3v) is 2.77. The van der Waals surface area contributed by atoms with Gasteiger partial charge in [-0.1, -0.05) is 6.92 Å². The first-order valence-corrected chi connectivity index (χ1v) is 6.23. The number of nitrogens with one attached hydrogen (secondary N) is 1. The first-order chi connectivity index (χ1) is 8.54. The molecule has 1 unspecified atom stereocenters. The standard InChI is InChI=1S/C13H21F2N3/c1-4-6-16-10(2)11-5-7-17-13(8-11)18(3)9-12(14)15/h5,7-8,10,12,16H,4,6,9H2,1-3H3. The molecule has 0 fully saturated rings. The van der Waals surface area contributed by atoms with Crippen molar-refractivity contribution in [2.24, 2.45) is 0 Å². The van der Waals surface area contributed by atoms with E-state index in [0.717, 1.165) is 18.5 Å². The molecule has 1 aromatic heterocycles. The van der Waals surface area contributed by atoms with Crippen molar-refractivity contribution in [3.63, 3.8) is 0 Å². The van der Waals surface area contributed by atoms with Gasteiger partial charge in [-0.3, -0.25) is 0 Å². The predicted molar refractivity (Wildman–Crippen MR) is 70.2 cm³/mol. The zero-order valence-electron chi connectivity index (χ0n) is 11.2. The second kappa shape index (κ2) is 7.26. The predicted octanol–water partition coefficient (Wildman–Crippen LogP) is 2.84. The molecular formula is C13H21F2N3. The lowest BCUT2D eigenvalue weighted by Crippen LogP contribution is -2.25. The van der Waals surface area contributed by atoms with E-state index in [0.29, 0.717) is 5.82 Å². The number of rotatable bonds is 7. The van der Waals surface area contributed by atoms with Crippen molar-refractivity contribution in [2.45, 2.75) is 32.7 Å². The highest BCUT2D eigenvalue weighted by atomic mass is 19.3. The van der Waals surface area contributed by atoms with Crippen LogP contribution in [0.2, 0.25) is 0 Å². The van der Waals surface area contributed by atoms with Gasteiger partial charge in [-0.2, -0.15) is 0 Å². The number of halogens is 2. The average Bonchev–Trinajstić information content (AvgIpc) is 2.35. The molecule has 3 nitrogen and oxygen atoms in total. The number of anilines is 1. The average molecular weight is 257 g/mol. The minimum absolute atomic E-state index is 0.201. The SMILES string of the molecule is CCCNC(C)c1ccnc(N(C)CC(F)F)c1. The van der Waals surface area contributed by atoms with E-state index in [4.69, 9.17) is 0 Å². The van der Waals surface area contributed by atoms with Crippen LogP contribution in [0.5, 0.6) is 0 Å². The molecule has 1 N–H and O–H groups in total. The molecule has 1 rings (SSSR count). The molecule has 0 spiro atoms. The lowest BCUT2D eigenvalue weighted by Gasteiger charge is -2.20. The molecular weight excluding hydrogens is 236 g/mol. The molecule has 1 heterocycles. The topological polar surface area (TPSA) is 28.2 Å². The van der Waals surface area contributed by atoms with Crippen LogP contribution in [0.25, 0.3) is 0 Å². The van der Waals surface area contributed by atoms with E-state index in [1.54, 1.807) is 13.2 Å². The van der Waals surface area contributed by atoms with Crippen molar-refractivity contribution in [2.75, 3.05) is 25.0 Å². The molecule has 18 heavy (non-hydrogen) atoms. The minimum Gasteiger partial charge on any atom is -0.354 e. The fourth-order valence-electron chi connectivity index (χ4n) is 1.69. The smallest absolute Gasteiger partial charge is 0.255 e. The van der Waals surface area contributed by atoms with Crippen molar-refractivity contribution in [1.29, 1.82) is 0 Å². The number of nitrogens with zero attached hydrogens (tertiary/aromatic N) is 2. The second-order valence-electron chi connectivity index (χ2n) is 4.39. The molecule has 0 saturated carbocycles. The van der Waals surface area contributed by atoms with E-state index in [1.165, 1.54) is 4.90 Å². The normalized spacial score (nSPS) is 12.8. The summed E-state index contributed by atoms with van der Waals surface area (Å²) in [5, 5.41) is 3.36. The maximum absolute atomic E-state index is 12.3. The molecule has 1 atom stereocenters. The maximum Gasteiger partial charge on any atom is 0.255 e. The van der Waals surface area contributed by atoms with Crippen LogP contribution in [0.3, 0.4) is 0 Å². The third kappa shape index (κ3) is 4.56. The lowest BCUT2D eigenvalue weighted by atomic mass is 10.1. The van der Waals surface area contributed by atoms with Crippen LogP contribution in [-0.2, 0) is 0 Å². The van der Waals surface area contributed by atoms with Crippen molar-refractivity contribution < 1.29 is 8.78 Å². The summed E-state index contributed by atoms with van der Waals surface area (Å²) in [5.74, 6) is 0.581. The summed E-state index contributed by atoms with van der Waals surface area (Å²) < 4.78 is 24.6. The number of pyridine rings is 1. The van der Waals surface area contributed by atoms with Crippen LogP contribution in [-0.4, -0.2) is 31.5 Å². The van der Waals surface area contributed by atoms with Crippen LogP contribution in [0, 0.1) is 0 Å². The molecule has 0 aliphatic carbocycles. The molecule has 102 valence electrons. The molecule has 0 radical (unpaired) electrons. The highest BCUT2D eigenvalue weighted by Gasteiger charge is 2.11. The summed E-state index contributed by atoms with van der Waals surface area (Å²) in [6, 6.07) is 3.97. The largest absolute Gasteiger partial charge is 0.354 e. The van der Waals surface area contributed by atoms with Gasteiger partial charge in [0, 0.05) is 19.3 Å². The second-order valence-corrected chi connectivity index (χ2v) is 4.39. The van der Waals surface area contributed by atoms with Gasteiger partial charge >= 0.3 is 0 Å². The summed E-state index contributed by atoms with van der Waals surface area (Å²) in [6.45, 7) is 4.80. The number of hydrogen-bond donors (Lipinski definition) is 1.